The van der Waals surface area contributed by atoms with Crippen LogP contribution in [0.2, 0.25) is 0 Å². The van der Waals surface area contributed by atoms with Gasteiger partial charge in [-0.3, -0.25) is 0 Å². The summed E-state index contributed by atoms with van der Waals surface area (Å²) in [6.45, 7) is 2.20. The summed E-state index contributed by atoms with van der Waals surface area (Å²) in [5.74, 6) is 1.10. The molecule has 148 valence electrons. The summed E-state index contributed by atoms with van der Waals surface area (Å²) in [5, 5.41) is 26.9. The van der Waals surface area contributed by atoms with Gasteiger partial charge in [0.15, 0.2) is 0 Å². The van der Waals surface area contributed by atoms with Gasteiger partial charge in [0.2, 0.25) is 0 Å². The Hall–Kier alpha value is -1.15. The summed E-state index contributed by atoms with van der Waals surface area (Å²) in [6.07, 6.45) is 5.50. The minimum absolute atomic E-state index is 0.00244. The monoisotopic (exact) mass is 393 g/mol. The smallest absolute Gasteiger partial charge is 0.380 e. The lowest BCUT2D eigenvalue weighted by molar-refractivity contribution is -0.129. The molecule has 3 fully saturated rings. The Morgan fingerprint density at radius 1 is 1.22 bits per heavy atom. The van der Waals surface area contributed by atoms with Crippen molar-refractivity contribution in [3.63, 3.8) is 0 Å². The molecule has 7 heteroatoms. The van der Waals surface area contributed by atoms with Crippen LogP contribution in [0.4, 0.5) is 0 Å². The first-order valence-corrected chi connectivity index (χ1v) is 11.3. The minimum atomic E-state index is -4.02. The van der Waals surface area contributed by atoms with Crippen LogP contribution >= 0.6 is 0 Å². The van der Waals surface area contributed by atoms with E-state index < -0.39 is 22.0 Å². The first-order chi connectivity index (χ1) is 12.6. The highest BCUT2D eigenvalue weighted by Gasteiger charge is 2.76. The maximum atomic E-state index is 11.3. The summed E-state index contributed by atoms with van der Waals surface area (Å²) in [6, 6.07) is 5.47. The number of nitrogens with two attached hydrogens (primary N) is 1. The van der Waals surface area contributed by atoms with Gasteiger partial charge in [0.1, 0.15) is 5.75 Å². The van der Waals surface area contributed by atoms with Gasteiger partial charge in [0.25, 0.3) is 0 Å². The molecule has 27 heavy (non-hydrogen) atoms. The number of aliphatic hydroxyl groups excluding tert-OH is 1. The third kappa shape index (κ3) is 2.14. The molecule has 0 amide bonds. The van der Waals surface area contributed by atoms with Crippen molar-refractivity contribution in [2.45, 2.75) is 69.5 Å². The fourth-order valence-electron chi connectivity index (χ4n) is 7.52. The standard InChI is InChI=1S/C20H27NO5S/c1-18-7-6-15-14-4-3-13(26-27(21,24)25)10-12(14)2-5-16(15)19(18)8-9-20(18,23)17(22)11-19/h3-4,10,15-17,22-23H,2,5-9,11H2,1H3,(H2,21,24,25)/t15?,16?,17-,18+,19+,20-/m1/s1. The Kier molecular flexibility index (Phi) is 3.49. The van der Waals surface area contributed by atoms with Gasteiger partial charge in [-0.25, -0.2) is 0 Å². The highest BCUT2D eigenvalue weighted by atomic mass is 32.2. The Bertz CT molecular complexity index is 917. The topological polar surface area (TPSA) is 110 Å². The molecule has 4 aliphatic carbocycles. The zero-order valence-electron chi connectivity index (χ0n) is 15.5. The van der Waals surface area contributed by atoms with E-state index in [-0.39, 0.29) is 16.6 Å². The van der Waals surface area contributed by atoms with Crippen LogP contribution in [-0.2, 0) is 16.7 Å². The normalized spacial score (nSPS) is 45.1. The number of aliphatic hydroxyl groups is 2. The molecule has 4 aliphatic rings. The fraction of sp³-hybridized carbons (Fsp3) is 0.700. The van der Waals surface area contributed by atoms with Crippen LogP contribution in [0.3, 0.4) is 0 Å². The lowest BCUT2D eigenvalue weighted by Crippen LogP contribution is -2.53. The van der Waals surface area contributed by atoms with Crippen LogP contribution in [0.25, 0.3) is 0 Å². The van der Waals surface area contributed by atoms with E-state index in [9.17, 15) is 18.6 Å². The second-order valence-corrected chi connectivity index (χ2v) is 10.5. The van der Waals surface area contributed by atoms with E-state index >= 15 is 0 Å². The van der Waals surface area contributed by atoms with Crippen molar-refractivity contribution >= 4 is 10.3 Å². The number of benzene rings is 1. The number of rotatable bonds is 2. The molecule has 1 aromatic carbocycles. The van der Waals surface area contributed by atoms with E-state index in [4.69, 9.17) is 9.32 Å². The van der Waals surface area contributed by atoms with Gasteiger partial charge in [-0.15, -0.1) is 0 Å². The Morgan fingerprint density at radius 3 is 2.70 bits per heavy atom. The van der Waals surface area contributed by atoms with Gasteiger partial charge >= 0.3 is 10.3 Å². The Labute approximate surface area is 160 Å². The molecule has 1 aromatic rings. The number of hydrogen-bond acceptors (Lipinski definition) is 5. The van der Waals surface area contributed by atoms with Gasteiger partial charge in [0.05, 0.1) is 11.7 Å². The van der Waals surface area contributed by atoms with Crippen molar-refractivity contribution in [1.82, 2.24) is 0 Å². The molecule has 4 N–H and O–H groups in total. The number of fused-ring (bicyclic) bond motifs is 3. The second-order valence-electron chi connectivity index (χ2n) is 9.36. The van der Waals surface area contributed by atoms with Crippen molar-refractivity contribution in [1.29, 1.82) is 0 Å². The summed E-state index contributed by atoms with van der Waals surface area (Å²) < 4.78 is 27.3. The first-order valence-electron chi connectivity index (χ1n) is 9.85. The predicted molar refractivity (Wildman–Crippen MR) is 99.3 cm³/mol. The van der Waals surface area contributed by atoms with Gasteiger partial charge in [-0.05, 0) is 85.5 Å². The first kappa shape index (κ1) is 17.9. The third-order valence-electron chi connectivity index (χ3n) is 8.72. The van der Waals surface area contributed by atoms with E-state index in [0.717, 1.165) is 37.7 Å². The molecule has 0 aliphatic heterocycles. The van der Waals surface area contributed by atoms with Crippen LogP contribution < -0.4 is 9.32 Å². The maximum Gasteiger partial charge on any atom is 0.380 e. The van der Waals surface area contributed by atoms with Crippen molar-refractivity contribution in [2.75, 3.05) is 0 Å². The Morgan fingerprint density at radius 2 is 2.00 bits per heavy atom. The second kappa shape index (κ2) is 5.26. The van der Waals surface area contributed by atoms with Crippen LogP contribution in [0, 0.1) is 16.7 Å². The average molecular weight is 394 g/mol. The van der Waals surface area contributed by atoms with E-state index in [1.54, 1.807) is 12.1 Å². The molecular formula is C20H27NO5S. The summed E-state index contributed by atoms with van der Waals surface area (Å²) in [7, 11) is -4.02. The molecule has 6 nitrogen and oxygen atoms in total. The number of aryl methyl sites for hydroxylation is 1. The predicted octanol–water partition coefficient (Wildman–Crippen LogP) is 1.99. The van der Waals surface area contributed by atoms with E-state index in [1.165, 1.54) is 5.56 Å². The lowest BCUT2D eigenvalue weighted by atomic mass is 9.48. The molecule has 5 rings (SSSR count). The molecule has 0 aromatic heterocycles. The van der Waals surface area contributed by atoms with Crippen LogP contribution in [0.5, 0.6) is 5.75 Å². The Balaban J connectivity index is 1.53. The zero-order chi connectivity index (χ0) is 19.2. The van der Waals surface area contributed by atoms with Gasteiger partial charge in [0, 0.05) is 5.41 Å². The quantitative estimate of drug-likeness (QED) is 0.712. The maximum absolute atomic E-state index is 11.3. The van der Waals surface area contributed by atoms with Crippen LogP contribution in [-0.4, -0.2) is 30.3 Å². The van der Waals surface area contributed by atoms with Crippen molar-refractivity contribution in [3.8, 4) is 5.75 Å². The van der Waals surface area contributed by atoms with Gasteiger partial charge < -0.3 is 14.4 Å². The summed E-state index contributed by atoms with van der Waals surface area (Å²) >= 11 is 0. The average Bonchev–Trinajstić information content (AvgIpc) is 2.92. The molecule has 2 unspecified atom stereocenters. The molecule has 0 heterocycles. The van der Waals surface area contributed by atoms with E-state index in [1.807, 2.05) is 6.07 Å². The van der Waals surface area contributed by atoms with E-state index in [0.29, 0.717) is 24.7 Å². The SMILES string of the molecule is C[C@]12CCC3c4ccc(OS(N)(=O)=O)cc4CCC3[C@@]13CC[C@@]2(O)[C@H](O)C3. The molecule has 0 saturated heterocycles. The van der Waals surface area contributed by atoms with Crippen LogP contribution in [0.15, 0.2) is 18.2 Å². The molecule has 0 radical (unpaired) electrons. The third-order valence-corrected chi connectivity index (χ3v) is 9.14. The minimum Gasteiger partial charge on any atom is -0.390 e. The van der Waals surface area contributed by atoms with Gasteiger partial charge in [-0.1, -0.05) is 13.0 Å². The highest BCUT2D eigenvalue weighted by molar-refractivity contribution is 7.84. The summed E-state index contributed by atoms with van der Waals surface area (Å²) in [5.41, 5.74) is 1.24. The van der Waals surface area contributed by atoms with Gasteiger partial charge in [-0.2, -0.15) is 13.6 Å². The fourth-order valence-corrected chi connectivity index (χ4v) is 7.89. The van der Waals surface area contributed by atoms with Crippen molar-refractivity contribution in [2.24, 2.45) is 21.9 Å². The highest BCUT2D eigenvalue weighted by Crippen LogP contribution is 2.77. The molecule has 2 bridgehead atoms. The van der Waals surface area contributed by atoms with E-state index in [2.05, 4.69) is 6.92 Å². The zero-order valence-corrected chi connectivity index (χ0v) is 16.3. The molecule has 0 spiro atoms. The largest absolute Gasteiger partial charge is 0.390 e. The molecule has 6 atom stereocenters. The number of hydrogen-bond donors (Lipinski definition) is 3. The lowest BCUT2D eigenvalue weighted by Gasteiger charge is -2.56. The summed E-state index contributed by atoms with van der Waals surface area (Å²) in [4.78, 5) is 0. The molecular weight excluding hydrogens is 366 g/mol. The van der Waals surface area contributed by atoms with Crippen molar-refractivity contribution in [3.05, 3.63) is 29.3 Å². The molecule has 3 saturated carbocycles. The van der Waals surface area contributed by atoms with Crippen LogP contribution in [0.1, 0.15) is 62.5 Å². The van der Waals surface area contributed by atoms with Crippen molar-refractivity contribution < 1.29 is 22.8 Å².